The zero-order valence-electron chi connectivity index (χ0n) is 15.1. The molecule has 0 saturated carbocycles. The van der Waals surface area contributed by atoms with Crippen LogP contribution in [0.15, 0.2) is 58.7 Å². The third kappa shape index (κ3) is 3.26. The van der Waals surface area contributed by atoms with Crippen LogP contribution in [0, 0.1) is 6.92 Å². The van der Waals surface area contributed by atoms with E-state index in [-0.39, 0.29) is 5.78 Å². The van der Waals surface area contributed by atoms with E-state index < -0.39 is 0 Å². The summed E-state index contributed by atoms with van der Waals surface area (Å²) in [4.78, 5) is 17.2. The Hall–Kier alpha value is -2.57. The van der Waals surface area contributed by atoms with Gasteiger partial charge in [-0.3, -0.25) is 9.48 Å². The molecule has 0 amide bonds. The topological polar surface area (TPSA) is 52.7 Å². The number of carbonyl (C=O) groups is 1. The monoisotopic (exact) mass is 396 g/mol. The third-order valence-corrected chi connectivity index (χ3v) is 5.74. The fourth-order valence-corrected chi connectivity index (χ4v) is 4.30. The predicted octanol–water partition coefficient (Wildman–Crippen LogP) is 5.07. The number of hydrogen-bond donors (Lipinski definition) is 0. The Labute approximate surface area is 166 Å². The van der Waals surface area contributed by atoms with Crippen LogP contribution in [0.25, 0.3) is 16.6 Å². The molecule has 0 aliphatic rings. The summed E-state index contributed by atoms with van der Waals surface area (Å²) in [6.07, 6.45) is 3.80. The Bertz CT molecular complexity index is 1180. The molecule has 3 aromatic heterocycles. The number of Topliss-reactive ketones (excluding diaryl/α,β-unsaturated/α-hetero) is 1. The normalized spacial score (nSPS) is 11.3. The molecular weight excluding hydrogens is 380 g/mol. The van der Waals surface area contributed by atoms with Crippen LogP contribution in [-0.4, -0.2) is 25.1 Å². The third-order valence-electron chi connectivity index (χ3n) is 4.35. The van der Waals surface area contributed by atoms with Crippen LogP contribution in [0.4, 0.5) is 0 Å². The number of aromatic nitrogens is 4. The summed E-state index contributed by atoms with van der Waals surface area (Å²) >= 11 is 7.82. The predicted molar refractivity (Wildman–Crippen MR) is 108 cm³/mol. The highest BCUT2D eigenvalue weighted by Gasteiger charge is 2.18. The summed E-state index contributed by atoms with van der Waals surface area (Å²) in [5.41, 5.74) is 3.52. The minimum atomic E-state index is -0.0428. The largest absolute Gasteiger partial charge is 0.310 e. The fourth-order valence-electron chi connectivity index (χ4n) is 3.12. The zero-order valence-corrected chi connectivity index (χ0v) is 16.7. The second-order valence-corrected chi connectivity index (χ2v) is 7.77. The van der Waals surface area contributed by atoms with Crippen molar-refractivity contribution in [1.82, 2.24) is 19.3 Å². The van der Waals surface area contributed by atoms with Gasteiger partial charge in [0.25, 0.3) is 0 Å². The molecule has 0 aliphatic heterocycles. The van der Waals surface area contributed by atoms with Crippen molar-refractivity contribution in [2.45, 2.75) is 23.8 Å². The summed E-state index contributed by atoms with van der Waals surface area (Å²) in [6.45, 7) is 3.59. The van der Waals surface area contributed by atoms with E-state index in [1.54, 1.807) is 22.5 Å². The Morgan fingerprint density at radius 3 is 2.74 bits per heavy atom. The molecule has 0 fully saturated rings. The number of halogens is 1. The Balaban J connectivity index is 1.90. The van der Waals surface area contributed by atoms with Gasteiger partial charge < -0.3 is 4.57 Å². The Morgan fingerprint density at radius 1 is 1.22 bits per heavy atom. The van der Waals surface area contributed by atoms with Gasteiger partial charge >= 0.3 is 0 Å². The Morgan fingerprint density at radius 2 is 2.04 bits per heavy atom. The maximum atomic E-state index is 11.7. The summed E-state index contributed by atoms with van der Waals surface area (Å²) in [5, 5.41) is 6.84. The zero-order chi connectivity index (χ0) is 19.1. The molecule has 0 spiro atoms. The van der Waals surface area contributed by atoms with Crippen LogP contribution in [-0.2, 0) is 7.05 Å². The van der Waals surface area contributed by atoms with Crippen molar-refractivity contribution in [1.29, 1.82) is 0 Å². The molecule has 0 aliphatic carbocycles. The van der Waals surface area contributed by atoms with Crippen molar-refractivity contribution in [2.75, 3.05) is 0 Å². The SMILES string of the molecule is CC(=O)c1cccc(Sc2c(C)n(-c3cnn(C)c3)c3cc(Cl)ccc23)n1. The highest BCUT2D eigenvalue weighted by Crippen LogP contribution is 2.39. The van der Waals surface area contributed by atoms with Gasteiger partial charge in [0.2, 0.25) is 0 Å². The molecule has 0 bridgehead atoms. The number of carbonyl (C=O) groups excluding carboxylic acids is 1. The lowest BCUT2D eigenvalue weighted by Crippen LogP contribution is -1.97. The first kappa shape index (κ1) is 17.8. The quantitative estimate of drug-likeness (QED) is 0.451. The lowest BCUT2D eigenvalue weighted by atomic mass is 10.2. The standard InChI is InChI=1S/C20H17ClN4OS/c1-12-20(27-19-6-4-5-17(23-19)13(2)26)16-8-7-14(21)9-18(16)25(12)15-10-22-24(3)11-15/h4-11H,1-3H3. The number of pyridine rings is 1. The minimum Gasteiger partial charge on any atom is -0.310 e. The highest BCUT2D eigenvalue weighted by atomic mass is 35.5. The van der Waals surface area contributed by atoms with Crippen LogP contribution >= 0.6 is 23.4 Å². The second kappa shape index (κ2) is 6.87. The molecule has 27 heavy (non-hydrogen) atoms. The van der Waals surface area contributed by atoms with Gasteiger partial charge in [-0.25, -0.2) is 4.98 Å². The first-order chi connectivity index (χ1) is 12.9. The van der Waals surface area contributed by atoms with Gasteiger partial charge in [0.05, 0.1) is 17.4 Å². The van der Waals surface area contributed by atoms with E-state index in [0.717, 1.165) is 32.2 Å². The van der Waals surface area contributed by atoms with E-state index >= 15 is 0 Å². The second-order valence-electron chi connectivity index (χ2n) is 6.30. The minimum absolute atomic E-state index is 0.0428. The van der Waals surface area contributed by atoms with E-state index in [2.05, 4.69) is 21.6 Å². The molecule has 0 radical (unpaired) electrons. The molecule has 0 N–H and O–H groups in total. The van der Waals surface area contributed by atoms with Crippen molar-refractivity contribution in [3.63, 3.8) is 0 Å². The first-order valence-corrected chi connectivity index (χ1v) is 9.59. The van der Waals surface area contributed by atoms with E-state index in [4.69, 9.17) is 11.6 Å². The van der Waals surface area contributed by atoms with Gasteiger partial charge in [-0.15, -0.1) is 0 Å². The summed E-state index contributed by atoms with van der Waals surface area (Å²) in [6, 6.07) is 11.4. The fraction of sp³-hybridized carbons (Fsp3) is 0.150. The van der Waals surface area contributed by atoms with Gasteiger partial charge in [-0.05, 0) is 31.2 Å². The lowest BCUT2D eigenvalue weighted by Gasteiger charge is -2.06. The van der Waals surface area contributed by atoms with Crippen molar-refractivity contribution < 1.29 is 4.79 Å². The molecule has 0 atom stereocenters. The van der Waals surface area contributed by atoms with Crippen molar-refractivity contribution in [2.24, 2.45) is 7.05 Å². The highest BCUT2D eigenvalue weighted by molar-refractivity contribution is 7.99. The molecule has 4 rings (SSSR count). The smallest absolute Gasteiger partial charge is 0.178 e. The lowest BCUT2D eigenvalue weighted by molar-refractivity contribution is 0.101. The molecular formula is C20H17ClN4OS. The summed E-state index contributed by atoms with van der Waals surface area (Å²) < 4.78 is 3.92. The average Bonchev–Trinajstić information content (AvgIpc) is 3.16. The van der Waals surface area contributed by atoms with Gasteiger partial charge in [-0.1, -0.05) is 35.5 Å². The number of hydrogen-bond acceptors (Lipinski definition) is 4. The van der Waals surface area contributed by atoms with Crippen LogP contribution in [0.2, 0.25) is 5.02 Å². The molecule has 5 nitrogen and oxygen atoms in total. The molecule has 4 aromatic rings. The van der Waals surface area contributed by atoms with Crippen molar-refractivity contribution >= 4 is 40.0 Å². The first-order valence-electron chi connectivity index (χ1n) is 8.39. The number of rotatable bonds is 4. The molecule has 136 valence electrons. The number of ketones is 1. The maximum absolute atomic E-state index is 11.7. The van der Waals surface area contributed by atoms with E-state index in [9.17, 15) is 4.79 Å². The van der Waals surface area contributed by atoms with E-state index in [1.807, 2.05) is 49.8 Å². The number of nitrogens with zero attached hydrogens (tertiary/aromatic N) is 4. The van der Waals surface area contributed by atoms with Gasteiger partial charge in [0, 0.05) is 41.2 Å². The molecule has 0 saturated heterocycles. The maximum Gasteiger partial charge on any atom is 0.178 e. The van der Waals surface area contributed by atoms with Crippen molar-refractivity contribution in [3.8, 4) is 5.69 Å². The van der Waals surface area contributed by atoms with Gasteiger partial charge in [0.1, 0.15) is 10.7 Å². The van der Waals surface area contributed by atoms with Crippen LogP contribution in [0.5, 0.6) is 0 Å². The number of benzene rings is 1. The van der Waals surface area contributed by atoms with Crippen LogP contribution in [0.3, 0.4) is 0 Å². The molecule has 0 unspecified atom stereocenters. The molecule has 7 heteroatoms. The molecule has 3 heterocycles. The van der Waals surface area contributed by atoms with Crippen LogP contribution in [0.1, 0.15) is 23.1 Å². The van der Waals surface area contributed by atoms with E-state index in [1.165, 1.54) is 6.92 Å². The van der Waals surface area contributed by atoms with Gasteiger partial charge in [-0.2, -0.15) is 5.10 Å². The Kier molecular flexibility index (Phi) is 4.53. The average molecular weight is 397 g/mol. The summed E-state index contributed by atoms with van der Waals surface area (Å²) in [5.74, 6) is -0.0428. The van der Waals surface area contributed by atoms with Crippen LogP contribution < -0.4 is 0 Å². The van der Waals surface area contributed by atoms with Gasteiger partial charge in [0.15, 0.2) is 5.78 Å². The number of aryl methyl sites for hydroxylation is 1. The van der Waals surface area contributed by atoms with E-state index in [0.29, 0.717) is 10.7 Å². The summed E-state index contributed by atoms with van der Waals surface area (Å²) in [7, 11) is 1.89. The number of fused-ring (bicyclic) bond motifs is 1. The van der Waals surface area contributed by atoms with Crippen molar-refractivity contribution in [3.05, 3.63) is 65.2 Å². The molecule has 1 aromatic carbocycles.